The molecule has 0 fully saturated rings. The number of urea groups is 1. The molecule has 10 heteroatoms. The molecule has 10 nitrogen and oxygen atoms in total. The maximum Gasteiger partial charge on any atom is 0.323 e. The predicted octanol–water partition coefficient (Wildman–Crippen LogP) is 3.76. The van der Waals surface area contributed by atoms with Crippen LogP contribution in [0.1, 0.15) is 16.8 Å². The normalized spacial score (nSPS) is 10.3. The Morgan fingerprint density at radius 2 is 1.45 bits per heavy atom. The lowest BCUT2D eigenvalue weighted by Gasteiger charge is -2.21. The minimum Gasteiger partial charge on any atom is -0.493 e. The van der Waals surface area contributed by atoms with E-state index >= 15 is 0 Å². The number of nitro groups is 1. The first kappa shape index (κ1) is 23.1. The number of non-ortho nitro benzene ring substituents is 1. The van der Waals surface area contributed by atoms with Crippen LogP contribution < -0.4 is 25.8 Å². The highest BCUT2D eigenvalue weighted by molar-refractivity contribution is 5.98. The van der Waals surface area contributed by atoms with Crippen molar-refractivity contribution >= 4 is 29.0 Å². The summed E-state index contributed by atoms with van der Waals surface area (Å²) < 4.78 is 11.3. The number of anilines is 2. The van der Waals surface area contributed by atoms with E-state index in [0.29, 0.717) is 48.1 Å². The molecule has 0 bridgehead atoms. The fraction of sp³-hybridized carbons (Fsp3) is 0.130. The quantitative estimate of drug-likeness (QED) is 0.273. The maximum atomic E-state index is 12.1. The molecule has 0 atom stereocenters. The molecule has 0 aliphatic carbocycles. The van der Waals surface area contributed by atoms with E-state index in [9.17, 15) is 19.7 Å². The van der Waals surface area contributed by atoms with Gasteiger partial charge in [0.05, 0.1) is 29.5 Å². The highest BCUT2D eigenvalue weighted by atomic mass is 16.6. The first-order valence-corrected chi connectivity index (χ1v) is 9.94. The SMILES string of the molecule is NC(=O)c1cccc(OCCCOc2cccc(N(C(N)=O)c3ccc([N+](=O)[O-])cc3)c2)c1. The summed E-state index contributed by atoms with van der Waals surface area (Å²) in [6, 6.07) is 18.1. The standard InChI is InChI=1S/C23H22N4O6/c24-22(28)16-4-1-6-20(14-16)32-12-3-13-33-21-7-2-5-19(15-21)26(23(25)29)17-8-10-18(11-9-17)27(30)31/h1-2,4-11,14-15H,3,12-13H2,(H2,24,28)(H2,25,29). The zero-order valence-corrected chi connectivity index (χ0v) is 17.5. The third-order valence-electron chi connectivity index (χ3n) is 4.56. The molecule has 0 saturated heterocycles. The molecule has 4 N–H and O–H groups in total. The lowest BCUT2D eigenvalue weighted by atomic mass is 10.2. The summed E-state index contributed by atoms with van der Waals surface area (Å²) in [5, 5.41) is 10.9. The number of nitro benzene ring substituents is 1. The fourth-order valence-corrected chi connectivity index (χ4v) is 3.02. The van der Waals surface area contributed by atoms with Gasteiger partial charge in [-0.1, -0.05) is 12.1 Å². The maximum absolute atomic E-state index is 12.1. The van der Waals surface area contributed by atoms with Crippen LogP contribution in [0.4, 0.5) is 21.9 Å². The van der Waals surface area contributed by atoms with Gasteiger partial charge >= 0.3 is 6.03 Å². The molecule has 0 aliphatic heterocycles. The van der Waals surface area contributed by atoms with E-state index in [-0.39, 0.29) is 5.69 Å². The smallest absolute Gasteiger partial charge is 0.323 e. The van der Waals surface area contributed by atoms with Crippen LogP contribution in [0.15, 0.2) is 72.8 Å². The minimum atomic E-state index is -0.743. The Balaban J connectivity index is 1.59. The summed E-state index contributed by atoms with van der Waals surface area (Å²) in [7, 11) is 0. The van der Waals surface area contributed by atoms with Crippen molar-refractivity contribution in [2.75, 3.05) is 18.1 Å². The molecule has 33 heavy (non-hydrogen) atoms. The molecule has 0 heterocycles. The van der Waals surface area contributed by atoms with Gasteiger partial charge in [-0.25, -0.2) is 4.79 Å². The zero-order chi connectivity index (χ0) is 23.8. The number of hydrogen-bond acceptors (Lipinski definition) is 6. The lowest BCUT2D eigenvalue weighted by molar-refractivity contribution is -0.384. The monoisotopic (exact) mass is 450 g/mol. The molecular formula is C23H22N4O6. The van der Waals surface area contributed by atoms with Crippen molar-refractivity contribution in [1.29, 1.82) is 0 Å². The first-order valence-electron chi connectivity index (χ1n) is 9.94. The summed E-state index contributed by atoms with van der Waals surface area (Å²) in [4.78, 5) is 34.8. The molecule has 0 radical (unpaired) electrons. The van der Waals surface area contributed by atoms with Crippen LogP contribution in [-0.2, 0) is 0 Å². The van der Waals surface area contributed by atoms with E-state index in [1.54, 1.807) is 48.5 Å². The molecule has 0 aliphatic rings. The van der Waals surface area contributed by atoms with Crippen LogP contribution in [0.2, 0.25) is 0 Å². The average Bonchev–Trinajstić information content (AvgIpc) is 2.79. The Kier molecular flexibility index (Phi) is 7.43. The topological polar surface area (TPSA) is 151 Å². The van der Waals surface area contributed by atoms with Gasteiger partial charge in [-0.3, -0.25) is 19.8 Å². The van der Waals surface area contributed by atoms with Gasteiger partial charge in [0.25, 0.3) is 5.69 Å². The van der Waals surface area contributed by atoms with Crippen LogP contribution in [0.5, 0.6) is 11.5 Å². The Morgan fingerprint density at radius 1 is 0.848 bits per heavy atom. The van der Waals surface area contributed by atoms with E-state index in [2.05, 4.69) is 0 Å². The second kappa shape index (κ2) is 10.6. The molecule has 0 unspecified atom stereocenters. The van der Waals surface area contributed by atoms with Gasteiger partial charge < -0.3 is 20.9 Å². The third kappa shape index (κ3) is 6.20. The van der Waals surface area contributed by atoms with Crippen LogP contribution in [0.25, 0.3) is 0 Å². The van der Waals surface area contributed by atoms with Crippen LogP contribution in [0.3, 0.4) is 0 Å². The van der Waals surface area contributed by atoms with Gasteiger partial charge in [0, 0.05) is 30.2 Å². The van der Waals surface area contributed by atoms with E-state index < -0.39 is 16.9 Å². The molecule has 0 saturated carbocycles. The van der Waals surface area contributed by atoms with Crippen molar-refractivity contribution in [3.05, 3.63) is 88.5 Å². The molecule has 170 valence electrons. The van der Waals surface area contributed by atoms with Crippen molar-refractivity contribution < 1.29 is 24.0 Å². The van der Waals surface area contributed by atoms with Crippen molar-refractivity contribution in [1.82, 2.24) is 0 Å². The van der Waals surface area contributed by atoms with E-state index in [1.807, 2.05) is 0 Å². The number of ether oxygens (including phenoxy) is 2. The van der Waals surface area contributed by atoms with Gasteiger partial charge in [-0.15, -0.1) is 0 Å². The summed E-state index contributed by atoms with van der Waals surface area (Å²) in [6.45, 7) is 0.700. The Labute approximate surface area is 189 Å². The number of nitrogens with zero attached hydrogens (tertiary/aromatic N) is 2. The van der Waals surface area contributed by atoms with Crippen LogP contribution in [0, 0.1) is 10.1 Å². The number of rotatable bonds is 10. The van der Waals surface area contributed by atoms with Gasteiger partial charge in [-0.2, -0.15) is 0 Å². The average molecular weight is 450 g/mol. The lowest BCUT2D eigenvalue weighted by Crippen LogP contribution is -2.31. The van der Waals surface area contributed by atoms with E-state index in [0.717, 1.165) is 0 Å². The number of benzene rings is 3. The summed E-state index contributed by atoms with van der Waals surface area (Å²) in [5.41, 5.74) is 11.9. The summed E-state index contributed by atoms with van der Waals surface area (Å²) in [6.07, 6.45) is 0.562. The summed E-state index contributed by atoms with van der Waals surface area (Å²) in [5.74, 6) is 0.521. The van der Waals surface area contributed by atoms with Gasteiger partial charge in [0.2, 0.25) is 5.91 Å². The van der Waals surface area contributed by atoms with Crippen molar-refractivity contribution in [2.24, 2.45) is 11.5 Å². The van der Waals surface area contributed by atoms with Crippen molar-refractivity contribution in [3.8, 4) is 11.5 Å². The molecule has 3 rings (SSSR count). The predicted molar refractivity (Wildman–Crippen MR) is 122 cm³/mol. The fourth-order valence-electron chi connectivity index (χ4n) is 3.02. The number of primary amides is 2. The second-order valence-electron chi connectivity index (χ2n) is 6.89. The second-order valence-corrected chi connectivity index (χ2v) is 6.89. The largest absolute Gasteiger partial charge is 0.493 e. The Bertz CT molecular complexity index is 1150. The molecule has 3 aromatic carbocycles. The van der Waals surface area contributed by atoms with Crippen molar-refractivity contribution in [2.45, 2.75) is 6.42 Å². The number of hydrogen-bond donors (Lipinski definition) is 2. The number of carbonyl (C=O) groups is 2. The van der Waals surface area contributed by atoms with Crippen LogP contribution >= 0.6 is 0 Å². The highest BCUT2D eigenvalue weighted by Crippen LogP contribution is 2.29. The van der Waals surface area contributed by atoms with Gasteiger partial charge in [0.15, 0.2) is 0 Å². The molecule has 3 aromatic rings. The number of amides is 3. The van der Waals surface area contributed by atoms with Gasteiger partial charge in [0.1, 0.15) is 11.5 Å². The number of carbonyl (C=O) groups excluding carboxylic acids is 2. The Hall–Kier alpha value is -4.60. The first-order chi connectivity index (χ1) is 15.8. The Morgan fingerprint density at radius 3 is 2.03 bits per heavy atom. The molecule has 0 aromatic heterocycles. The number of nitrogens with two attached hydrogens (primary N) is 2. The molecule has 0 spiro atoms. The third-order valence-corrected chi connectivity index (χ3v) is 4.56. The highest BCUT2D eigenvalue weighted by Gasteiger charge is 2.17. The molecule has 3 amide bonds. The van der Waals surface area contributed by atoms with E-state index in [1.165, 1.54) is 29.2 Å². The van der Waals surface area contributed by atoms with Gasteiger partial charge in [-0.05, 0) is 42.5 Å². The van der Waals surface area contributed by atoms with E-state index in [4.69, 9.17) is 20.9 Å². The summed E-state index contributed by atoms with van der Waals surface area (Å²) >= 11 is 0. The zero-order valence-electron chi connectivity index (χ0n) is 17.5. The van der Waals surface area contributed by atoms with Crippen LogP contribution in [-0.4, -0.2) is 30.1 Å². The minimum absolute atomic E-state index is 0.0937. The van der Waals surface area contributed by atoms with Crippen molar-refractivity contribution in [3.63, 3.8) is 0 Å². The molecular weight excluding hydrogens is 428 g/mol.